The molecule has 0 atom stereocenters. The molecular weight excluding hydrogens is 368 g/mol. The molecule has 1 fully saturated rings. The molecule has 7 nitrogen and oxygen atoms in total. The Labute approximate surface area is 166 Å². The molecule has 2 heterocycles. The van der Waals surface area contributed by atoms with Gasteiger partial charge in [0, 0.05) is 11.6 Å². The average molecular weight is 388 g/mol. The number of nitrogens with one attached hydrogen (secondary N) is 1. The summed E-state index contributed by atoms with van der Waals surface area (Å²) in [6.45, 7) is 0.363. The van der Waals surface area contributed by atoms with Crippen LogP contribution in [0.4, 0.5) is 0 Å². The van der Waals surface area contributed by atoms with Crippen molar-refractivity contribution in [1.82, 2.24) is 19.5 Å². The van der Waals surface area contributed by atoms with Crippen molar-refractivity contribution in [3.63, 3.8) is 0 Å². The van der Waals surface area contributed by atoms with Gasteiger partial charge in [0.2, 0.25) is 0 Å². The van der Waals surface area contributed by atoms with Crippen LogP contribution in [0, 0.1) is 0 Å². The van der Waals surface area contributed by atoms with Gasteiger partial charge in [-0.3, -0.25) is 9.59 Å². The molecule has 0 radical (unpaired) electrons. The third-order valence-electron chi connectivity index (χ3n) is 5.25. The maximum Gasteiger partial charge on any atom is 0.277 e. The SMILES string of the molecule is COc1cccc(Cn2c(=O)c3ccnn3c3ccc(C(=O)NC4CC4)cc32)c1. The molecule has 146 valence electrons. The van der Waals surface area contributed by atoms with Crippen molar-refractivity contribution in [1.29, 1.82) is 0 Å². The molecule has 29 heavy (non-hydrogen) atoms. The maximum absolute atomic E-state index is 13.2. The fourth-order valence-electron chi connectivity index (χ4n) is 3.57. The molecular formula is C22H20N4O3. The first-order valence-electron chi connectivity index (χ1n) is 9.58. The van der Waals surface area contributed by atoms with Crippen molar-refractivity contribution in [2.75, 3.05) is 7.11 Å². The molecule has 4 aromatic rings. The Morgan fingerprint density at radius 2 is 2.00 bits per heavy atom. The normalized spacial score (nSPS) is 13.7. The fraction of sp³-hybridized carbons (Fsp3) is 0.227. The van der Waals surface area contributed by atoms with Gasteiger partial charge in [-0.1, -0.05) is 12.1 Å². The van der Waals surface area contributed by atoms with E-state index in [1.807, 2.05) is 30.3 Å². The quantitative estimate of drug-likeness (QED) is 0.570. The molecule has 7 heteroatoms. The summed E-state index contributed by atoms with van der Waals surface area (Å²) in [5, 5.41) is 7.30. The Kier molecular flexibility index (Phi) is 4.08. The maximum atomic E-state index is 13.2. The lowest BCUT2D eigenvalue weighted by molar-refractivity contribution is 0.0951. The van der Waals surface area contributed by atoms with Gasteiger partial charge in [0.05, 0.1) is 30.9 Å². The monoisotopic (exact) mass is 388 g/mol. The number of hydrogen-bond donors (Lipinski definition) is 1. The highest BCUT2D eigenvalue weighted by atomic mass is 16.5. The van der Waals surface area contributed by atoms with E-state index in [4.69, 9.17) is 4.74 Å². The van der Waals surface area contributed by atoms with Gasteiger partial charge in [0.1, 0.15) is 11.3 Å². The van der Waals surface area contributed by atoms with Crippen LogP contribution in [0.15, 0.2) is 59.5 Å². The van der Waals surface area contributed by atoms with Crippen LogP contribution in [0.2, 0.25) is 0 Å². The topological polar surface area (TPSA) is 77.6 Å². The molecule has 0 unspecified atom stereocenters. The summed E-state index contributed by atoms with van der Waals surface area (Å²) in [7, 11) is 1.61. The first-order valence-corrected chi connectivity index (χ1v) is 9.58. The van der Waals surface area contributed by atoms with Crippen LogP contribution in [0.3, 0.4) is 0 Å². The third-order valence-corrected chi connectivity index (χ3v) is 5.25. The van der Waals surface area contributed by atoms with Gasteiger partial charge in [-0.2, -0.15) is 5.10 Å². The lowest BCUT2D eigenvalue weighted by Crippen LogP contribution is -2.27. The number of aromatic nitrogens is 3. The molecule has 0 bridgehead atoms. The van der Waals surface area contributed by atoms with E-state index < -0.39 is 0 Å². The molecule has 1 aliphatic rings. The van der Waals surface area contributed by atoms with E-state index in [0.717, 1.165) is 29.7 Å². The zero-order chi connectivity index (χ0) is 20.0. The number of methoxy groups -OCH3 is 1. The standard InChI is InChI=1S/C22H20N4O3/c1-29-17-4-2-3-14(11-17)13-25-20-12-15(21(27)24-16-6-7-16)5-8-18(20)26-19(22(25)28)9-10-23-26/h2-5,8-12,16H,6-7,13H2,1H3,(H,24,27). The van der Waals surface area contributed by atoms with Crippen molar-refractivity contribution in [3.05, 3.63) is 76.2 Å². The summed E-state index contributed by atoms with van der Waals surface area (Å²) in [5.41, 5.74) is 3.25. The molecule has 0 aliphatic heterocycles. The highest BCUT2D eigenvalue weighted by Gasteiger charge is 2.24. The summed E-state index contributed by atoms with van der Waals surface area (Å²) in [5.74, 6) is 0.616. The zero-order valence-corrected chi connectivity index (χ0v) is 16.0. The van der Waals surface area contributed by atoms with Crippen LogP contribution in [-0.4, -0.2) is 33.2 Å². The summed E-state index contributed by atoms with van der Waals surface area (Å²) in [4.78, 5) is 25.8. The summed E-state index contributed by atoms with van der Waals surface area (Å²) < 4.78 is 8.62. The van der Waals surface area contributed by atoms with Gasteiger partial charge in [0.15, 0.2) is 0 Å². The summed E-state index contributed by atoms with van der Waals surface area (Å²) in [6.07, 6.45) is 3.65. The molecule has 1 N–H and O–H groups in total. The van der Waals surface area contributed by atoms with Crippen LogP contribution in [0.25, 0.3) is 16.6 Å². The van der Waals surface area contributed by atoms with Crippen molar-refractivity contribution in [2.24, 2.45) is 0 Å². The van der Waals surface area contributed by atoms with Crippen molar-refractivity contribution in [3.8, 4) is 5.75 Å². The van der Waals surface area contributed by atoms with Gasteiger partial charge < -0.3 is 14.6 Å². The second kappa shape index (κ2) is 6.77. The second-order valence-corrected chi connectivity index (χ2v) is 7.32. The second-order valence-electron chi connectivity index (χ2n) is 7.32. The van der Waals surface area contributed by atoms with Gasteiger partial charge in [-0.05, 0) is 54.8 Å². The minimum atomic E-state index is -0.155. The van der Waals surface area contributed by atoms with Crippen LogP contribution in [0.1, 0.15) is 28.8 Å². The van der Waals surface area contributed by atoms with Crippen molar-refractivity contribution < 1.29 is 9.53 Å². The van der Waals surface area contributed by atoms with Crippen LogP contribution < -0.4 is 15.6 Å². The summed E-state index contributed by atoms with van der Waals surface area (Å²) >= 11 is 0. The van der Waals surface area contributed by atoms with E-state index >= 15 is 0 Å². The Balaban J connectivity index is 1.68. The van der Waals surface area contributed by atoms with E-state index in [9.17, 15) is 9.59 Å². The number of rotatable bonds is 5. The highest BCUT2D eigenvalue weighted by molar-refractivity contribution is 5.98. The van der Waals surface area contributed by atoms with E-state index in [0.29, 0.717) is 23.1 Å². The lowest BCUT2D eigenvalue weighted by Gasteiger charge is -2.14. The van der Waals surface area contributed by atoms with Gasteiger partial charge in [-0.25, -0.2) is 4.52 Å². The van der Waals surface area contributed by atoms with Gasteiger partial charge in [0.25, 0.3) is 11.5 Å². The number of carbonyl (C=O) groups excluding carboxylic acids is 1. The molecule has 1 amide bonds. The lowest BCUT2D eigenvalue weighted by atomic mass is 10.1. The number of carbonyl (C=O) groups is 1. The van der Waals surface area contributed by atoms with Crippen molar-refractivity contribution in [2.45, 2.75) is 25.4 Å². The zero-order valence-electron chi connectivity index (χ0n) is 16.0. The largest absolute Gasteiger partial charge is 0.497 e. The minimum Gasteiger partial charge on any atom is -0.497 e. The molecule has 0 spiro atoms. The molecule has 2 aromatic carbocycles. The highest BCUT2D eigenvalue weighted by Crippen LogP contribution is 2.22. The molecule has 0 saturated heterocycles. The number of amides is 1. The third kappa shape index (κ3) is 3.14. The van der Waals surface area contributed by atoms with E-state index in [1.165, 1.54) is 0 Å². The van der Waals surface area contributed by atoms with Crippen LogP contribution in [0.5, 0.6) is 5.75 Å². The van der Waals surface area contributed by atoms with Gasteiger partial charge in [-0.15, -0.1) is 0 Å². The minimum absolute atomic E-state index is 0.115. The smallest absolute Gasteiger partial charge is 0.277 e. The Morgan fingerprint density at radius 1 is 1.14 bits per heavy atom. The van der Waals surface area contributed by atoms with Crippen molar-refractivity contribution >= 4 is 22.5 Å². The van der Waals surface area contributed by atoms with Crippen LogP contribution >= 0.6 is 0 Å². The first kappa shape index (κ1) is 17.5. The van der Waals surface area contributed by atoms with Crippen LogP contribution in [-0.2, 0) is 6.54 Å². The van der Waals surface area contributed by atoms with E-state index in [-0.39, 0.29) is 17.5 Å². The molecule has 1 aliphatic carbocycles. The number of benzene rings is 2. The van der Waals surface area contributed by atoms with E-state index in [2.05, 4.69) is 10.4 Å². The number of hydrogen-bond acceptors (Lipinski definition) is 4. The average Bonchev–Trinajstić information content (AvgIpc) is 3.42. The Hall–Kier alpha value is -3.61. The Bertz CT molecular complexity index is 1300. The number of fused-ring (bicyclic) bond motifs is 3. The number of nitrogens with zero attached hydrogens (tertiary/aromatic N) is 3. The summed E-state index contributed by atoms with van der Waals surface area (Å²) in [6, 6.07) is 15.0. The predicted octanol–water partition coefficient (Wildman–Crippen LogP) is 2.60. The molecule has 2 aromatic heterocycles. The Morgan fingerprint density at radius 3 is 2.79 bits per heavy atom. The molecule has 1 saturated carbocycles. The predicted molar refractivity (Wildman–Crippen MR) is 110 cm³/mol. The van der Waals surface area contributed by atoms with E-state index in [1.54, 1.807) is 40.6 Å². The number of ether oxygens (including phenoxy) is 1. The first-order chi connectivity index (χ1) is 14.1. The molecule has 5 rings (SSSR count). The van der Waals surface area contributed by atoms with Gasteiger partial charge >= 0.3 is 0 Å². The fourth-order valence-corrected chi connectivity index (χ4v) is 3.57.